The van der Waals surface area contributed by atoms with E-state index in [4.69, 9.17) is 17.3 Å². The van der Waals surface area contributed by atoms with E-state index in [2.05, 4.69) is 20.5 Å². The molecule has 0 saturated carbocycles. The van der Waals surface area contributed by atoms with Gasteiger partial charge < -0.3 is 11.1 Å². The summed E-state index contributed by atoms with van der Waals surface area (Å²) in [5.41, 5.74) is 6.74. The first-order chi connectivity index (χ1) is 10.0. The Morgan fingerprint density at radius 2 is 2.33 bits per heavy atom. The summed E-state index contributed by atoms with van der Waals surface area (Å²) in [6.45, 7) is 1.85. The Kier molecular flexibility index (Phi) is 5.46. The van der Waals surface area contributed by atoms with Crippen LogP contribution >= 0.6 is 23.4 Å². The first-order valence-electron chi connectivity index (χ1n) is 6.41. The van der Waals surface area contributed by atoms with Crippen LogP contribution in [-0.2, 0) is 4.79 Å². The number of halogens is 1. The third kappa shape index (κ3) is 4.95. The van der Waals surface area contributed by atoms with E-state index < -0.39 is 0 Å². The fourth-order valence-electron chi connectivity index (χ4n) is 1.63. The number of aromatic nitrogens is 3. The van der Waals surface area contributed by atoms with Crippen molar-refractivity contribution < 1.29 is 4.79 Å². The number of nitrogens with one attached hydrogen (secondary N) is 2. The van der Waals surface area contributed by atoms with Crippen LogP contribution in [0.1, 0.15) is 18.7 Å². The first-order valence-corrected chi connectivity index (χ1v) is 7.77. The molecule has 2 rings (SSSR count). The van der Waals surface area contributed by atoms with Crippen LogP contribution in [0.2, 0.25) is 5.02 Å². The average Bonchev–Trinajstić information content (AvgIpc) is 2.84. The lowest BCUT2D eigenvalue weighted by Crippen LogP contribution is -2.11. The molecule has 0 spiro atoms. The van der Waals surface area contributed by atoms with Crippen LogP contribution in [0, 0.1) is 6.92 Å². The maximum absolute atomic E-state index is 11.8. The Morgan fingerprint density at radius 1 is 1.52 bits per heavy atom. The highest BCUT2D eigenvalue weighted by Crippen LogP contribution is 2.24. The van der Waals surface area contributed by atoms with E-state index in [0.717, 1.165) is 18.0 Å². The fraction of sp³-hybridized carbons (Fsp3) is 0.308. The van der Waals surface area contributed by atoms with Gasteiger partial charge in [-0.05, 0) is 31.5 Å². The number of aromatic amines is 1. The van der Waals surface area contributed by atoms with Crippen LogP contribution in [0.25, 0.3) is 0 Å². The number of anilines is 2. The van der Waals surface area contributed by atoms with Crippen molar-refractivity contribution in [3.05, 3.63) is 29.0 Å². The van der Waals surface area contributed by atoms with Gasteiger partial charge in [-0.1, -0.05) is 23.4 Å². The summed E-state index contributed by atoms with van der Waals surface area (Å²) in [6, 6.07) is 5.00. The molecular formula is C13H16ClN5OS. The van der Waals surface area contributed by atoms with Crippen LogP contribution in [0.3, 0.4) is 0 Å². The minimum Gasteiger partial charge on any atom is -0.399 e. The number of nitrogens with two attached hydrogens (primary N) is 1. The monoisotopic (exact) mass is 325 g/mol. The number of carbonyl (C=O) groups excluding carboxylic acids is 1. The Morgan fingerprint density at radius 3 is 3.00 bits per heavy atom. The van der Waals surface area contributed by atoms with Crippen LogP contribution in [-0.4, -0.2) is 26.8 Å². The molecule has 0 aliphatic heterocycles. The second-order valence-corrected chi connectivity index (χ2v) is 5.91. The van der Waals surface area contributed by atoms with Crippen molar-refractivity contribution in [3.8, 4) is 0 Å². The minimum atomic E-state index is -0.0755. The highest BCUT2D eigenvalue weighted by atomic mass is 35.5. The van der Waals surface area contributed by atoms with E-state index in [0.29, 0.717) is 28.0 Å². The summed E-state index contributed by atoms with van der Waals surface area (Å²) in [4.78, 5) is 16.0. The molecule has 0 unspecified atom stereocenters. The molecule has 1 aromatic carbocycles. The summed E-state index contributed by atoms with van der Waals surface area (Å²) < 4.78 is 0. The van der Waals surface area contributed by atoms with Crippen molar-refractivity contribution in [2.75, 3.05) is 16.8 Å². The van der Waals surface area contributed by atoms with E-state index in [-0.39, 0.29) is 5.91 Å². The first kappa shape index (κ1) is 15.7. The van der Waals surface area contributed by atoms with Crippen LogP contribution in [0.15, 0.2) is 23.4 Å². The van der Waals surface area contributed by atoms with Crippen molar-refractivity contribution in [3.63, 3.8) is 0 Å². The van der Waals surface area contributed by atoms with E-state index in [9.17, 15) is 4.79 Å². The number of carbonyl (C=O) groups is 1. The predicted molar refractivity (Wildman–Crippen MR) is 85.6 cm³/mol. The molecule has 0 aliphatic carbocycles. The standard InChI is InChI=1S/C13H16ClN5OS/c1-8-16-13(19-18-8)21-6-2-3-12(20)17-11-5-4-9(15)7-10(11)14/h4-5,7H,2-3,6,15H2,1H3,(H,17,20)(H,16,18,19). The van der Waals surface area contributed by atoms with E-state index in [1.54, 1.807) is 18.2 Å². The second kappa shape index (κ2) is 7.33. The average molecular weight is 326 g/mol. The SMILES string of the molecule is Cc1nc(SCCCC(=O)Nc2ccc(N)cc2Cl)n[nH]1. The number of benzene rings is 1. The summed E-state index contributed by atoms with van der Waals surface area (Å²) in [5.74, 6) is 1.49. The molecule has 1 amide bonds. The molecular weight excluding hydrogens is 310 g/mol. The van der Waals surface area contributed by atoms with Gasteiger partial charge in [-0.3, -0.25) is 9.89 Å². The van der Waals surface area contributed by atoms with Gasteiger partial charge in [0.15, 0.2) is 0 Å². The Labute approximate surface area is 131 Å². The van der Waals surface area contributed by atoms with Gasteiger partial charge in [0.05, 0.1) is 10.7 Å². The summed E-state index contributed by atoms with van der Waals surface area (Å²) in [5, 5.41) is 10.7. The Hall–Kier alpha value is -1.73. The van der Waals surface area contributed by atoms with Crippen molar-refractivity contribution in [2.24, 2.45) is 0 Å². The highest BCUT2D eigenvalue weighted by Gasteiger charge is 2.07. The van der Waals surface area contributed by atoms with E-state index in [1.807, 2.05) is 6.92 Å². The van der Waals surface area contributed by atoms with Gasteiger partial charge in [-0.25, -0.2) is 4.98 Å². The molecule has 0 aliphatic rings. The zero-order valence-corrected chi connectivity index (χ0v) is 13.1. The molecule has 0 fully saturated rings. The third-order valence-corrected chi connectivity index (χ3v) is 3.87. The van der Waals surface area contributed by atoms with Crippen molar-refractivity contribution in [2.45, 2.75) is 24.9 Å². The normalized spacial score (nSPS) is 10.6. The Bertz CT molecular complexity index is 631. The van der Waals surface area contributed by atoms with E-state index in [1.165, 1.54) is 11.8 Å². The smallest absolute Gasteiger partial charge is 0.224 e. The molecule has 4 N–H and O–H groups in total. The zero-order valence-electron chi connectivity index (χ0n) is 11.5. The summed E-state index contributed by atoms with van der Waals surface area (Å²) in [6.07, 6.45) is 1.15. The molecule has 0 saturated heterocycles. The molecule has 0 radical (unpaired) electrons. The molecule has 112 valence electrons. The lowest BCUT2D eigenvalue weighted by atomic mass is 10.2. The van der Waals surface area contributed by atoms with Gasteiger partial charge in [0.25, 0.3) is 0 Å². The molecule has 21 heavy (non-hydrogen) atoms. The largest absolute Gasteiger partial charge is 0.399 e. The van der Waals surface area contributed by atoms with Crippen molar-refractivity contribution in [1.29, 1.82) is 0 Å². The maximum atomic E-state index is 11.8. The number of amides is 1. The summed E-state index contributed by atoms with van der Waals surface area (Å²) in [7, 11) is 0. The third-order valence-electron chi connectivity index (χ3n) is 2.62. The molecule has 8 heteroatoms. The van der Waals surface area contributed by atoms with Crippen molar-refractivity contribution in [1.82, 2.24) is 15.2 Å². The lowest BCUT2D eigenvalue weighted by Gasteiger charge is -2.07. The fourth-order valence-corrected chi connectivity index (χ4v) is 2.65. The molecule has 0 atom stereocenters. The zero-order chi connectivity index (χ0) is 15.2. The molecule has 1 aromatic heterocycles. The summed E-state index contributed by atoms with van der Waals surface area (Å²) >= 11 is 7.52. The number of H-pyrrole nitrogens is 1. The van der Waals surface area contributed by atoms with Gasteiger partial charge in [0, 0.05) is 17.9 Å². The predicted octanol–water partition coefficient (Wildman–Crippen LogP) is 2.86. The number of hydrogen-bond acceptors (Lipinski definition) is 5. The number of rotatable bonds is 6. The number of nitrogen functional groups attached to an aromatic ring is 1. The maximum Gasteiger partial charge on any atom is 0.224 e. The van der Waals surface area contributed by atoms with Crippen LogP contribution in [0.4, 0.5) is 11.4 Å². The number of hydrogen-bond donors (Lipinski definition) is 3. The molecule has 1 heterocycles. The number of thioether (sulfide) groups is 1. The second-order valence-electron chi connectivity index (χ2n) is 4.44. The molecule has 0 bridgehead atoms. The molecule has 2 aromatic rings. The van der Waals surface area contributed by atoms with Gasteiger partial charge in [-0.2, -0.15) is 0 Å². The van der Waals surface area contributed by atoms with Gasteiger partial charge in [0.1, 0.15) is 5.82 Å². The topological polar surface area (TPSA) is 96.7 Å². The Balaban J connectivity index is 1.72. The van der Waals surface area contributed by atoms with Crippen LogP contribution < -0.4 is 11.1 Å². The van der Waals surface area contributed by atoms with Gasteiger partial charge in [0.2, 0.25) is 11.1 Å². The highest BCUT2D eigenvalue weighted by molar-refractivity contribution is 7.99. The quantitative estimate of drug-likeness (QED) is 0.431. The van der Waals surface area contributed by atoms with Gasteiger partial charge >= 0.3 is 0 Å². The minimum absolute atomic E-state index is 0.0755. The lowest BCUT2D eigenvalue weighted by molar-refractivity contribution is -0.116. The molecule has 6 nitrogen and oxygen atoms in total. The van der Waals surface area contributed by atoms with Crippen LogP contribution in [0.5, 0.6) is 0 Å². The number of aryl methyl sites for hydroxylation is 1. The van der Waals surface area contributed by atoms with Crippen molar-refractivity contribution >= 4 is 40.6 Å². The number of nitrogens with zero attached hydrogens (tertiary/aromatic N) is 2. The van der Waals surface area contributed by atoms with E-state index >= 15 is 0 Å². The van der Waals surface area contributed by atoms with Gasteiger partial charge in [-0.15, -0.1) is 5.10 Å².